The van der Waals surface area contributed by atoms with Gasteiger partial charge in [0, 0.05) is 29.4 Å². The summed E-state index contributed by atoms with van der Waals surface area (Å²) in [5.74, 6) is -0.990. The predicted octanol–water partition coefficient (Wildman–Crippen LogP) is 3.22. The monoisotopic (exact) mass is 390 g/mol. The van der Waals surface area contributed by atoms with Crippen LogP contribution in [0.25, 0.3) is 5.57 Å². The number of hydrogen-bond acceptors (Lipinski definition) is 5. The lowest BCUT2D eigenvalue weighted by Gasteiger charge is -2.16. The van der Waals surface area contributed by atoms with E-state index in [0.717, 1.165) is 0 Å². The van der Waals surface area contributed by atoms with E-state index < -0.39 is 17.3 Å². The van der Waals surface area contributed by atoms with E-state index >= 15 is 0 Å². The summed E-state index contributed by atoms with van der Waals surface area (Å²) in [6, 6.07) is 2.98. The number of allylic oxidation sites excluding steroid dienone is 4. The molecule has 0 atom stereocenters. The minimum absolute atomic E-state index is 0.0864. The van der Waals surface area contributed by atoms with Gasteiger partial charge in [-0.3, -0.25) is 19.6 Å². The van der Waals surface area contributed by atoms with Crippen LogP contribution in [0.1, 0.15) is 28.8 Å². The Bertz CT molecular complexity index is 1030. The van der Waals surface area contributed by atoms with Crippen LogP contribution in [0.15, 0.2) is 46.3 Å². The van der Waals surface area contributed by atoms with E-state index in [1.54, 1.807) is 6.07 Å². The van der Waals surface area contributed by atoms with Gasteiger partial charge in [0.15, 0.2) is 0 Å². The number of nitrogens with zero attached hydrogens (tertiary/aromatic N) is 1. The molecule has 0 aliphatic heterocycles. The van der Waals surface area contributed by atoms with Gasteiger partial charge in [-0.25, -0.2) is 4.39 Å². The number of aromatic nitrogens is 2. The number of carbonyl (C=O) groups is 1. The van der Waals surface area contributed by atoms with E-state index in [1.807, 2.05) is 0 Å². The van der Waals surface area contributed by atoms with Crippen molar-refractivity contribution in [3.63, 3.8) is 0 Å². The summed E-state index contributed by atoms with van der Waals surface area (Å²) in [4.78, 5) is 30.4. The van der Waals surface area contributed by atoms with Gasteiger partial charge < -0.3 is 15.8 Å². The maximum absolute atomic E-state index is 14.3. The first-order valence-electron chi connectivity index (χ1n) is 7.98. The fraction of sp³-hybridized carbons (Fsp3) is 0.167. The van der Waals surface area contributed by atoms with E-state index in [0.29, 0.717) is 22.8 Å². The second-order valence-corrected chi connectivity index (χ2v) is 6.26. The number of H-pyrrole nitrogens is 1. The second-order valence-electron chi connectivity index (χ2n) is 5.78. The highest BCUT2D eigenvalue weighted by Crippen LogP contribution is 2.34. The Morgan fingerprint density at radius 1 is 1.41 bits per heavy atom. The van der Waals surface area contributed by atoms with Crippen LogP contribution in [0.2, 0.25) is 0 Å². The van der Waals surface area contributed by atoms with E-state index in [-0.39, 0.29) is 29.0 Å². The Labute approximate surface area is 158 Å². The van der Waals surface area contributed by atoms with Crippen LogP contribution < -0.4 is 21.3 Å². The lowest BCUT2D eigenvalue weighted by Crippen LogP contribution is -2.17. The zero-order valence-electron chi connectivity index (χ0n) is 14.3. The molecule has 3 rings (SSSR count). The van der Waals surface area contributed by atoms with Crippen LogP contribution in [-0.2, 0) is 0 Å². The van der Waals surface area contributed by atoms with Crippen molar-refractivity contribution in [1.29, 1.82) is 0 Å². The first-order chi connectivity index (χ1) is 12.9. The topological polar surface area (TPSA) is 110 Å². The molecular formula is C18H16ClFN4O3. The number of hydrogen-bond donors (Lipinski definition) is 3. The van der Waals surface area contributed by atoms with Gasteiger partial charge in [-0.05, 0) is 24.6 Å². The molecule has 0 radical (unpaired) electrons. The molecule has 9 heteroatoms. The van der Waals surface area contributed by atoms with Crippen molar-refractivity contribution >= 4 is 34.5 Å². The van der Waals surface area contributed by atoms with Gasteiger partial charge in [0.1, 0.15) is 11.5 Å². The molecule has 2 aromatic rings. The summed E-state index contributed by atoms with van der Waals surface area (Å²) < 4.78 is 19.5. The first-order valence-corrected chi connectivity index (χ1v) is 8.35. The third kappa shape index (κ3) is 3.85. The molecule has 1 amide bonds. The molecule has 0 spiro atoms. The number of aromatic amines is 1. The lowest BCUT2D eigenvalue weighted by molar-refractivity contribution is 0.100. The Balaban J connectivity index is 2.12. The summed E-state index contributed by atoms with van der Waals surface area (Å²) in [6.07, 6.45) is 4.72. The molecular weight excluding hydrogens is 375 g/mol. The fourth-order valence-electron chi connectivity index (χ4n) is 2.71. The molecule has 0 fully saturated rings. The molecule has 1 aliphatic rings. The Kier molecular flexibility index (Phi) is 5.27. The van der Waals surface area contributed by atoms with Crippen LogP contribution in [0, 0.1) is 0 Å². The summed E-state index contributed by atoms with van der Waals surface area (Å²) in [5, 5.41) is 3.43. The predicted molar refractivity (Wildman–Crippen MR) is 101 cm³/mol. The number of pyridine rings is 2. The van der Waals surface area contributed by atoms with Crippen molar-refractivity contribution in [2.24, 2.45) is 5.73 Å². The highest BCUT2D eigenvalue weighted by molar-refractivity contribution is 6.30. The van der Waals surface area contributed by atoms with Crippen LogP contribution in [0.5, 0.6) is 5.88 Å². The van der Waals surface area contributed by atoms with Crippen molar-refractivity contribution < 1.29 is 13.9 Å². The third-order valence-electron chi connectivity index (χ3n) is 4.03. The molecule has 27 heavy (non-hydrogen) atoms. The second kappa shape index (κ2) is 7.63. The molecule has 1 aliphatic carbocycles. The van der Waals surface area contributed by atoms with Gasteiger partial charge >= 0.3 is 0 Å². The molecule has 2 heterocycles. The maximum atomic E-state index is 14.3. The largest absolute Gasteiger partial charge is 0.481 e. The molecule has 140 valence electrons. The molecule has 0 saturated heterocycles. The first kappa shape index (κ1) is 18.7. The number of ether oxygens (including phenoxy) is 1. The average Bonchev–Trinajstić information content (AvgIpc) is 2.65. The summed E-state index contributed by atoms with van der Waals surface area (Å²) in [6.45, 7) is 0. The summed E-state index contributed by atoms with van der Waals surface area (Å²) >= 11 is 6.01. The third-order valence-corrected chi connectivity index (χ3v) is 4.33. The number of amides is 1. The highest BCUT2D eigenvalue weighted by atomic mass is 35.5. The van der Waals surface area contributed by atoms with Crippen LogP contribution in [0.4, 0.5) is 15.8 Å². The number of primary amides is 1. The molecule has 0 saturated carbocycles. The van der Waals surface area contributed by atoms with Gasteiger partial charge in [-0.15, -0.1) is 0 Å². The Morgan fingerprint density at radius 2 is 2.19 bits per heavy atom. The van der Waals surface area contributed by atoms with E-state index in [4.69, 9.17) is 22.1 Å². The van der Waals surface area contributed by atoms with Crippen molar-refractivity contribution in [1.82, 2.24) is 9.97 Å². The number of anilines is 2. The average molecular weight is 391 g/mol. The standard InChI is InChI=1S/C18H16ClFN4O3/c1-27-18-15(23-14-4-5-22-8-12(14)16(21)25)7-11(17(26)24-18)10-6-9(19)2-3-13(10)20/h4-8H,2-3H2,1H3,(H2,21,25)(H,22,23)(H,24,26). The fourth-order valence-corrected chi connectivity index (χ4v) is 2.91. The normalized spacial score (nSPS) is 14.0. The van der Waals surface area contributed by atoms with Gasteiger partial charge in [0.2, 0.25) is 5.88 Å². The zero-order chi connectivity index (χ0) is 19.6. The smallest absolute Gasteiger partial charge is 0.258 e. The number of carbonyl (C=O) groups excluding carboxylic acids is 1. The van der Waals surface area contributed by atoms with E-state index in [1.165, 1.54) is 31.6 Å². The molecule has 0 bridgehead atoms. The number of rotatable bonds is 5. The zero-order valence-corrected chi connectivity index (χ0v) is 15.1. The molecule has 2 aromatic heterocycles. The van der Waals surface area contributed by atoms with Gasteiger partial charge in [0.25, 0.3) is 11.5 Å². The van der Waals surface area contributed by atoms with Crippen molar-refractivity contribution in [2.45, 2.75) is 12.8 Å². The van der Waals surface area contributed by atoms with Crippen molar-refractivity contribution in [2.75, 3.05) is 12.4 Å². The lowest BCUT2D eigenvalue weighted by atomic mass is 9.99. The molecule has 4 N–H and O–H groups in total. The number of halogens is 2. The van der Waals surface area contributed by atoms with Gasteiger partial charge in [-0.1, -0.05) is 11.6 Å². The van der Waals surface area contributed by atoms with Gasteiger partial charge in [0.05, 0.1) is 23.9 Å². The van der Waals surface area contributed by atoms with E-state index in [9.17, 15) is 14.0 Å². The van der Waals surface area contributed by atoms with Crippen LogP contribution >= 0.6 is 11.6 Å². The SMILES string of the molecule is COc1[nH]c(=O)c(C2=C(F)CCC(Cl)=C2)cc1Nc1ccncc1C(N)=O. The van der Waals surface area contributed by atoms with Gasteiger partial charge in [-0.2, -0.15) is 0 Å². The van der Waals surface area contributed by atoms with Crippen LogP contribution in [-0.4, -0.2) is 23.0 Å². The Hall–Kier alpha value is -3.13. The number of nitrogens with one attached hydrogen (secondary N) is 2. The molecule has 7 nitrogen and oxygen atoms in total. The Morgan fingerprint density at radius 3 is 2.89 bits per heavy atom. The van der Waals surface area contributed by atoms with Crippen molar-refractivity contribution in [3.8, 4) is 5.88 Å². The number of nitrogens with two attached hydrogens (primary N) is 1. The molecule has 0 unspecified atom stereocenters. The maximum Gasteiger partial charge on any atom is 0.258 e. The minimum Gasteiger partial charge on any atom is -0.481 e. The quantitative estimate of drug-likeness (QED) is 0.726. The number of methoxy groups -OCH3 is 1. The van der Waals surface area contributed by atoms with E-state index in [2.05, 4.69) is 15.3 Å². The molecule has 0 aromatic carbocycles. The highest BCUT2D eigenvalue weighted by Gasteiger charge is 2.20. The minimum atomic E-state index is -0.676. The summed E-state index contributed by atoms with van der Waals surface area (Å²) in [7, 11) is 1.37. The summed E-state index contributed by atoms with van der Waals surface area (Å²) in [5.41, 5.74) is 5.85. The van der Waals surface area contributed by atoms with Crippen LogP contribution in [0.3, 0.4) is 0 Å². The van der Waals surface area contributed by atoms with Crippen molar-refractivity contribution in [3.05, 3.63) is 62.9 Å².